The van der Waals surface area contributed by atoms with Crippen LogP contribution in [0.5, 0.6) is 11.5 Å². The van der Waals surface area contributed by atoms with Crippen LogP contribution >= 0.6 is 0 Å². The highest BCUT2D eigenvalue weighted by Gasteiger charge is 2.15. The first kappa shape index (κ1) is 27.4. The van der Waals surface area contributed by atoms with Gasteiger partial charge < -0.3 is 9.47 Å². The van der Waals surface area contributed by atoms with Gasteiger partial charge in [0.25, 0.3) is 0 Å². The van der Waals surface area contributed by atoms with Crippen LogP contribution < -0.4 is 9.47 Å². The molecule has 4 heteroatoms. The molecule has 3 aromatic carbocycles. The molecule has 37 heavy (non-hydrogen) atoms. The minimum atomic E-state index is -0.449. The SMILES string of the molecule is C=C(CC)Cc1ccc(-c2ccc(-c3ccc(OC(=O)C(=C)CC)cc3)cc2OC(=O)C(=C)CC)cc1. The van der Waals surface area contributed by atoms with Gasteiger partial charge in [-0.15, -0.1) is 0 Å². The second kappa shape index (κ2) is 12.7. The summed E-state index contributed by atoms with van der Waals surface area (Å²) in [5, 5.41) is 0. The number of hydrogen-bond acceptors (Lipinski definition) is 4. The first-order chi connectivity index (χ1) is 17.7. The summed E-state index contributed by atoms with van der Waals surface area (Å²) in [5.41, 5.74) is 6.70. The van der Waals surface area contributed by atoms with Crippen molar-refractivity contribution in [3.8, 4) is 33.8 Å². The Bertz CT molecular complexity index is 1310. The first-order valence-corrected chi connectivity index (χ1v) is 12.6. The molecular formula is C33H34O4. The summed E-state index contributed by atoms with van der Waals surface area (Å²) < 4.78 is 11.2. The number of esters is 2. The summed E-state index contributed by atoms with van der Waals surface area (Å²) in [6, 6.07) is 21.2. The Morgan fingerprint density at radius 3 is 1.76 bits per heavy atom. The fourth-order valence-electron chi connectivity index (χ4n) is 3.60. The van der Waals surface area contributed by atoms with Crippen molar-refractivity contribution >= 4 is 11.9 Å². The maximum absolute atomic E-state index is 12.6. The van der Waals surface area contributed by atoms with E-state index < -0.39 is 11.9 Å². The van der Waals surface area contributed by atoms with Crippen LogP contribution in [-0.4, -0.2) is 11.9 Å². The third kappa shape index (κ3) is 7.17. The molecule has 0 aromatic heterocycles. The topological polar surface area (TPSA) is 52.6 Å². The van der Waals surface area contributed by atoms with Crippen molar-refractivity contribution in [2.24, 2.45) is 0 Å². The lowest BCUT2D eigenvalue weighted by Gasteiger charge is -2.14. The molecule has 3 aromatic rings. The average molecular weight is 495 g/mol. The van der Waals surface area contributed by atoms with Crippen LogP contribution in [0.15, 0.2) is 103 Å². The van der Waals surface area contributed by atoms with Crippen molar-refractivity contribution in [3.63, 3.8) is 0 Å². The molecule has 190 valence electrons. The standard InChI is InChI=1S/C33H34O4/c1-7-22(4)20-25-10-12-27(13-11-25)30-19-16-28(21-31(30)37-33(35)24(6)9-3)26-14-17-29(18-15-26)36-32(34)23(5)8-2/h10-19,21H,4-9,20H2,1-3H3. The van der Waals surface area contributed by atoms with Crippen LogP contribution in [0.2, 0.25) is 0 Å². The number of benzene rings is 3. The van der Waals surface area contributed by atoms with Gasteiger partial charge in [0.2, 0.25) is 0 Å². The smallest absolute Gasteiger partial charge is 0.338 e. The van der Waals surface area contributed by atoms with Gasteiger partial charge in [0.05, 0.1) is 0 Å². The zero-order chi connectivity index (χ0) is 26.9. The molecule has 0 saturated carbocycles. The highest BCUT2D eigenvalue weighted by atomic mass is 16.5. The van der Waals surface area contributed by atoms with E-state index in [9.17, 15) is 9.59 Å². The second-order valence-electron chi connectivity index (χ2n) is 8.91. The van der Waals surface area contributed by atoms with Gasteiger partial charge in [-0.05, 0) is 66.1 Å². The minimum Gasteiger partial charge on any atom is -0.423 e. The molecule has 4 nitrogen and oxygen atoms in total. The van der Waals surface area contributed by atoms with Crippen molar-refractivity contribution in [3.05, 3.63) is 109 Å². The fraction of sp³-hybridized carbons (Fsp3) is 0.212. The quantitative estimate of drug-likeness (QED) is 0.116. The van der Waals surface area contributed by atoms with Gasteiger partial charge in [-0.25, -0.2) is 9.59 Å². The van der Waals surface area contributed by atoms with Crippen LogP contribution in [0, 0.1) is 0 Å². The van der Waals surface area contributed by atoms with Crippen LogP contribution in [0.1, 0.15) is 45.6 Å². The highest BCUT2D eigenvalue weighted by Crippen LogP contribution is 2.35. The molecule has 0 spiro atoms. The number of carbonyl (C=O) groups excluding carboxylic acids is 2. The third-order valence-corrected chi connectivity index (χ3v) is 6.23. The minimum absolute atomic E-state index is 0.407. The molecule has 0 aliphatic rings. The summed E-state index contributed by atoms with van der Waals surface area (Å²) >= 11 is 0. The van der Waals surface area contributed by atoms with E-state index in [2.05, 4.69) is 38.8 Å². The van der Waals surface area contributed by atoms with Gasteiger partial charge >= 0.3 is 11.9 Å². The van der Waals surface area contributed by atoms with E-state index in [0.717, 1.165) is 35.1 Å². The Morgan fingerprint density at radius 2 is 1.19 bits per heavy atom. The van der Waals surface area contributed by atoms with Gasteiger partial charge in [-0.3, -0.25) is 0 Å². The lowest BCUT2D eigenvalue weighted by molar-refractivity contribution is -0.131. The fourth-order valence-corrected chi connectivity index (χ4v) is 3.60. The van der Waals surface area contributed by atoms with Gasteiger partial charge in [0.1, 0.15) is 11.5 Å². The summed E-state index contributed by atoms with van der Waals surface area (Å²) in [4.78, 5) is 24.6. The summed E-state index contributed by atoms with van der Waals surface area (Å²) in [6.45, 7) is 17.5. The van der Waals surface area contributed by atoms with Crippen molar-refractivity contribution < 1.29 is 19.1 Å². The van der Waals surface area contributed by atoms with Crippen molar-refractivity contribution in [2.45, 2.75) is 46.5 Å². The van der Waals surface area contributed by atoms with Gasteiger partial charge in [-0.2, -0.15) is 0 Å². The van der Waals surface area contributed by atoms with E-state index in [4.69, 9.17) is 9.47 Å². The van der Waals surface area contributed by atoms with Crippen LogP contribution in [0.4, 0.5) is 0 Å². The Morgan fingerprint density at radius 1 is 0.649 bits per heavy atom. The van der Waals surface area contributed by atoms with Gasteiger partial charge in [0.15, 0.2) is 0 Å². The Kier molecular flexibility index (Phi) is 9.39. The summed E-state index contributed by atoms with van der Waals surface area (Å²) in [6.07, 6.45) is 2.83. The molecule has 0 amide bonds. The summed E-state index contributed by atoms with van der Waals surface area (Å²) in [7, 11) is 0. The maximum atomic E-state index is 12.6. The molecule has 0 aliphatic carbocycles. The van der Waals surface area contributed by atoms with E-state index in [1.165, 1.54) is 11.1 Å². The van der Waals surface area contributed by atoms with Gasteiger partial charge in [-0.1, -0.05) is 94.6 Å². The Balaban J connectivity index is 1.93. The molecule has 0 unspecified atom stereocenters. The maximum Gasteiger partial charge on any atom is 0.338 e. The molecular weight excluding hydrogens is 460 g/mol. The molecule has 0 heterocycles. The molecule has 3 rings (SSSR count). The predicted molar refractivity (Wildman–Crippen MR) is 151 cm³/mol. The van der Waals surface area contributed by atoms with E-state index in [-0.39, 0.29) is 0 Å². The molecule has 0 N–H and O–H groups in total. The van der Waals surface area contributed by atoms with Crippen molar-refractivity contribution in [1.82, 2.24) is 0 Å². The molecule has 0 aliphatic heterocycles. The van der Waals surface area contributed by atoms with E-state index in [1.54, 1.807) is 12.1 Å². The second-order valence-corrected chi connectivity index (χ2v) is 8.91. The van der Waals surface area contributed by atoms with E-state index >= 15 is 0 Å². The van der Waals surface area contributed by atoms with E-state index in [0.29, 0.717) is 35.5 Å². The van der Waals surface area contributed by atoms with Crippen molar-refractivity contribution in [1.29, 1.82) is 0 Å². The zero-order valence-corrected chi connectivity index (χ0v) is 21.9. The molecule has 0 bridgehead atoms. The lowest BCUT2D eigenvalue weighted by atomic mass is 9.97. The molecule has 0 radical (unpaired) electrons. The van der Waals surface area contributed by atoms with Crippen LogP contribution in [0.3, 0.4) is 0 Å². The number of allylic oxidation sites excluding steroid dienone is 1. The molecule has 0 atom stereocenters. The lowest BCUT2D eigenvalue weighted by Crippen LogP contribution is -2.10. The summed E-state index contributed by atoms with van der Waals surface area (Å²) in [5.74, 6) is 0.0134. The number of hydrogen-bond donors (Lipinski definition) is 0. The highest BCUT2D eigenvalue weighted by molar-refractivity contribution is 5.91. The first-order valence-electron chi connectivity index (χ1n) is 12.6. The normalized spacial score (nSPS) is 10.5. The van der Waals surface area contributed by atoms with Crippen LogP contribution in [0.25, 0.3) is 22.3 Å². The van der Waals surface area contributed by atoms with Crippen molar-refractivity contribution in [2.75, 3.05) is 0 Å². The third-order valence-electron chi connectivity index (χ3n) is 6.23. The Labute approximate surface area is 220 Å². The average Bonchev–Trinajstić information content (AvgIpc) is 2.92. The molecule has 0 fully saturated rings. The Hall–Kier alpha value is -4.18. The predicted octanol–water partition coefficient (Wildman–Crippen LogP) is 8.27. The number of rotatable bonds is 11. The van der Waals surface area contributed by atoms with Crippen LogP contribution in [-0.2, 0) is 16.0 Å². The van der Waals surface area contributed by atoms with Gasteiger partial charge in [0, 0.05) is 16.7 Å². The number of carbonyl (C=O) groups is 2. The monoisotopic (exact) mass is 494 g/mol. The molecule has 0 saturated heterocycles. The van der Waals surface area contributed by atoms with E-state index in [1.807, 2.05) is 56.3 Å². The number of ether oxygens (including phenoxy) is 2. The zero-order valence-electron chi connectivity index (χ0n) is 21.9. The largest absolute Gasteiger partial charge is 0.423 e.